The van der Waals surface area contributed by atoms with Crippen LogP contribution in [0.25, 0.3) is 0 Å². The van der Waals surface area contributed by atoms with Gasteiger partial charge in [0.1, 0.15) is 0 Å². The third-order valence-electron chi connectivity index (χ3n) is 1.88. The molecule has 0 saturated carbocycles. The molecular weight excluding hydrogens is 178 g/mol. The Morgan fingerprint density at radius 1 is 1.57 bits per heavy atom. The van der Waals surface area contributed by atoms with Crippen LogP contribution < -0.4 is 11.1 Å². The van der Waals surface area contributed by atoms with Crippen LogP contribution in [0.3, 0.4) is 0 Å². The molecule has 0 fully saturated rings. The van der Waals surface area contributed by atoms with Crippen LogP contribution in [0.15, 0.2) is 18.3 Å². The summed E-state index contributed by atoms with van der Waals surface area (Å²) in [5.41, 5.74) is 6.84. The van der Waals surface area contributed by atoms with Crippen LogP contribution in [-0.4, -0.2) is 24.0 Å². The van der Waals surface area contributed by atoms with Crippen molar-refractivity contribution < 1.29 is 4.79 Å². The Hall–Kier alpha value is -1.42. The number of carbonyl (C=O) groups is 1. The van der Waals surface area contributed by atoms with E-state index in [4.69, 9.17) is 5.73 Å². The van der Waals surface area contributed by atoms with Crippen LogP contribution in [0.5, 0.6) is 0 Å². The van der Waals surface area contributed by atoms with Crippen LogP contribution in [0.2, 0.25) is 0 Å². The van der Waals surface area contributed by atoms with Crippen LogP contribution in [0.1, 0.15) is 23.0 Å². The lowest BCUT2D eigenvalue weighted by molar-refractivity contribution is 0.0954. The van der Waals surface area contributed by atoms with Gasteiger partial charge in [-0.25, -0.2) is 0 Å². The van der Waals surface area contributed by atoms with Gasteiger partial charge >= 0.3 is 0 Å². The molecule has 0 aliphatic heterocycles. The number of nitrogens with two attached hydrogens (primary N) is 1. The van der Waals surface area contributed by atoms with Gasteiger partial charge in [-0.1, -0.05) is 6.92 Å². The minimum atomic E-state index is -0.120. The van der Waals surface area contributed by atoms with E-state index in [-0.39, 0.29) is 5.91 Å². The smallest absolute Gasteiger partial charge is 0.252 e. The molecule has 0 atom stereocenters. The third kappa shape index (κ3) is 2.81. The number of amides is 1. The molecule has 0 aromatic carbocycles. The summed E-state index contributed by atoms with van der Waals surface area (Å²) in [6, 6.07) is 3.63. The molecule has 14 heavy (non-hydrogen) atoms. The second-order valence-corrected chi connectivity index (χ2v) is 2.94. The first-order chi connectivity index (χ1) is 6.77. The topological polar surface area (TPSA) is 68.0 Å². The van der Waals surface area contributed by atoms with Gasteiger partial charge in [-0.2, -0.15) is 0 Å². The van der Waals surface area contributed by atoms with Crippen LogP contribution in [0, 0.1) is 0 Å². The Labute approximate surface area is 83.5 Å². The number of carbonyl (C=O) groups excluding carboxylic acids is 1. The first kappa shape index (κ1) is 10.7. The molecule has 0 saturated heterocycles. The van der Waals surface area contributed by atoms with E-state index in [0.717, 1.165) is 12.1 Å². The number of hydrogen-bond acceptors (Lipinski definition) is 3. The van der Waals surface area contributed by atoms with E-state index in [9.17, 15) is 4.79 Å². The highest BCUT2D eigenvalue weighted by Gasteiger charge is 2.03. The first-order valence-corrected chi connectivity index (χ1v) is 4.71. The number of hydrogen-bond donors (Lipinski definition) is 2. The van der Waals surface area contributed by atoms with Crippen molar-refractivity contribution in [2.45, 2.75) is 13.3 Å². The minimum absolute atomic E-state index is 0.120. The zero-order chi connectivity index (χ0) is 10.4. The fourth-order valence-corrected chi connectivity index (χ4v) is 1.06. The van der Waals surface area contributed by atoms with Gasteiger partial charge in [0.15, 0.2) is 0 Å². The Bertz CT molecular complexity index is 295. The van der Waals surface area contributed by atoms with E-state index in [1.54, 1.807) is 12.3 Å². The Morgan fingerprint density at radius 3 is 2.86 bits per heavy atom. The normalized spacial score (nSPS) is 9.86. The Balaban J connectivity index is 2.62. The predicted molar refractivity (Wildman–Crippen MR) is 55.0 cm³/mol. The zero-order valence-electron chi connectivity index (χ0n) is 8.29. The largest absolute Gasteiger partial charge is 0.351 e. The standard InChI is InChI=1S/C10H15N3O/c1-2-9-4-3-8(7-13-9)10(14)12-6-5-11/h3-4,7H,2,5-6,11H2,1H3,(H,12,14). The summed E-state index contributed by atoms with van der Waals surface area (Å²) in [6.07, 6.45) is 2.47. The molecule has 76 valence electrons. The van der Waals surface area contributed by atoms with Crippen molar-refractivity contribution >= 4 is 5.91 Å². The molecular formula is C10H15N3O. The number of aryl methyl sites for hydroxylation is 1. The van der Waals surface area contributed by atoms with Gasteiger partial charge in [-0.05, 0) is 18.6 Å². The van der Waals surface area contributed by atoms with Gasteiger partial charge in [0, 0.05) is 25.0 Å². The number of nitrogens with one attached hydrogen (secondary N) is 1. The van der Waals surface area contributed by atoms with Crippen LogP contribution in [-0.2, 0) is 6.42 Å². The average Bonchev–Trinajstić information content (AvgIpc) is 2.26. The van der Waals surface area contributed by atoms with Crippen LogP contribution >= 0.6 is 0 Å². The maximum atomic E-state index is 11.4. The monoisotopic (exact) mass is 193 g/mol. The van der Waals surface area contributed by atoms with Gasteiger partial charge in [-0.15, -0.1) is 0 Å². The summed E-state index contributed by atoms with van der Waals surface area (Å²) in [4.78, 5) is 15.5. The van der Waals surface area contributed by atoms with Crippen molar-refractivity contribution in [1.82, 2.24) is 10.3 Å². The van der Waals surface area contributed by atoms with Crippen molar-refractivity contribution in [3.05, 3.63) is 29.6 Å². The zero-order valence-corrected chi connectivity index (χ0v) is 8.29. The lowest BCUT2D eigenvalue weighted by atomic mass is 10.2. The van der Waals surface area contributed by atoms with Crippen molar-refractivity contribution in [3.8, 4) is 0 Å². The molecule has 1 rings (SSSR count). The molecule has 0 spiro atoms. The maximum Gasteiger partial charge on any atom is 0.252 e. The van der Waals surface area contributed by atoms with Gasteiger partial charge < -0.3 is 11.1 Å². The number of aromatic nitrogens is 1. The molecule has 4 heteroatoms. The highest BCUT2D eigenvalue weighted by atomic mass is 16.1. The van der Waals surface area contributed by atoms with E-state index in [1.807, 2.05) is 13.0 Å². The fourth-order valence-electron chi connectivity index (χ4n) is 1.06. The van der Waals surface area contributed by atoms with Crippen molar-refractivity contribution in [2.24, 2.45) is 5.73 Å². The van der Waals surface area contributed by atoms with Crippen LogP contribution in [0.4, 0.5) is 0 Å². The number of rotatable bonds is 4. The quantitative estimate of drug-likeness (QED) is 0.724. The summed E-state index contributed by atoms with van der Waals surface area (Å²) >= 11 is 0. The molecule has 0 aliphatic rings. The Kier molecular flexibility index (Phi) is 4.07. The van der Waals surface area contributed by atoms with Gasteiger partial charge in [0.05, 0.1) is 5.56 Å². The van der Waals surface area contributed by atoms with E-state index in [0.29, 0.717) is 18.7 Å². The molecule has 0 radical (unpaired) electrons. The molecule has 1 aromatic heterocycles. The summed E-state index contributed by atoms with van der Waals surface area (Å²) in [6.45, 7) is 2.97. The summed E-state index contributed by atoms with van der Waals surface area (Å²) in [5.74, 6) is -0.120. The predicted octanol–water partition coefficient (Wildman–Crippen LogP) is 0.332. The highest BCUT2D eigenvalue weighted by Crippen LogP contribution is 2.00. The fraction of sp³-hybridized carbons (Fsp3) is 0.400. The van der Waals surface area contributed by atoms with E-state index < -0.39 is 0 Å². The molecule has 0 unspecified atom stereocenters. The highest BCUT2D eigenvalue weighted by molar-refractivity contribution is 5.93. The van der Waals surface area contributed by atoms with E-state index >= 15 is 0 Å². The molecule has 0 bridgehead atoms. The van der Waals surface area contributed by atoms with Crippen molar-refractivity contribution in [3.63, 3.8) is 0 Å². The van der Waals surface area contributed by atoms with Crippen molar-refractivity contribution in [2.75, 3.05) is 13.1 Å². The lowest BCUT2D eigenvalue weighted by Crippen LogP contribution is -2.29. The average molecular weight is 193 g/mol. The molecule has 0 aliphatic carbocycles. The van der Waals surface area contributed by atoms with Gasteiger partial charge in [0.25, 0.3) is 5.91 Å². The number of nitrogens with zero attached hydrogens (tertiary/aromatic N) is 1. The maximum absolute atomic E-state index is 11.4. The molecule has 3 N–H and O–H groups in total. The minimum Gasteiger partial charge on any atom is -0.351 e. The van der Waals surface area contributed by atoms with Gasteiger partial charge in [-0.3, -0.25) is 9.78 Å². The summed E-state index contributed by atoms with van der Waals surface area (Å²) in [7, 11) is 0. The first-order valence-electron chi connectivity index (χ1n) is 4.71. The SMILES string of the molecule is CCc1ccc(C(=O)NCCN)cn1. The molecule has 1 aromatic rings. The van der Waals surface area contributed by atoms with Gasteiger partial charge in [0.2, 0.25) is 0 Å². The third-order valence-corrected chi connectivity index (χ3v) is 1.88. The molecule has 1 heterocycles. The lowest BCUT2D eigenvalue weighted by Gasteiger charge is -2.03. The van der Waals surface area contributed by atoms with E-state index in [1.165, 1.54) is 0 Å². The number of pyridine rings is 1. The van der Waals surface area contributed by atoms with E-state index in [2.05, 4.69) is 10.3 Å². The molecule has 1 amide bonds. The second-order valence-electron chi connectivity index (χ2n) is 2.94. The Morgan fingerprint density at radius 2 is 2.36 bits per heavy atom. The summed E-state index contributed by atoms with van der Waals surface area (Å²) < 4.78 is 0. The van der Waals surface area contributed by atoms with Crippen molar-refractivity contribution in [1.29, 1.82) is 0 Å². The second kappa shape index (κ2) is 5.34. The summed E-state index contributed by atoms with van der Waals surface area (Å²) in [5, 5.41) is 2.68. The molecule has 4 nitrogen and oxygen atoms in total.